The van der Waals surface area contributed by atoms with Gasteiger partial charge < -0.3 is 15.2 Å². The molecule has 0 aliphatic heterocycles. The van der Waals surface area contributed by atoms with Crippen LogP contribution in [0.3, 0.4) is 0 Å². The number of urea groups is 1. The molecule has 1 atom stereocenters. The Morgan fingerprint density at radius 2 is 1.86 bits per heavy atom. The number of rotatable bonds is 6. The van der Waals surface area contributed by atoms with Gasteiger partial charge in [-0.15, -0.1) is 0 Å². The first-order chi connectivity index (χ1) is 9.85. The molecule has 2 N–H and O–H groups in total. The molecule has 0 aromatic heterocycles. The number of nitrogens with zero attached hydrogens (tertiary/aromatic N) is 1. The topological polar surface area (TPSA) is 78.9 Å². The first-order valence-corrected chi connectivity index (χ1v) is 6.76. The molecule has 0 aliphatic rings. The lowest BCUT2D eigenvalue weighted by atomic mass is 10.0. The highest BCUT2D eigenvalue weighted by Crippen LogP contribution is 2.18. The van der Waals surface area contributed by atoms with Crippen LogP contribution in [-0.2, 0) is 4.79 Å². The number of hydrogen-bond acceptors (Lipinski definition) is 3. The summed E-state index contributed by atoms with van der Waals surface area (Å²) in [4.78, 5) is 24.6. The highest BCUT2D eigenvalue weighted by Gasteiger charge is 2.23. The van der Waals surface area contributed by atoms with Gasteiger partial charge in [-0.2, -0.15) is 0 Å². The molecule has 0 saturated carbocycles. The molecule has 6 nitrogen and oxygen atoms in total. The van der Waals surface area contributed by atoms with Crippen molar-refractivity contribution in [2.75, 3.05) is 19.1 Å². The highest BCUT2D eigenvalue weighted by molar-refractivity contribution is 5.94. The van der Waals surface area contributed by atoms with E-state index in [-0.39, 0.29) is 5.92 Å². The van der Waals surface area contributed by atoms with Gasteiger partial charge in [0.1, 0.15) is 11.8 Å². The van der Waals surface area contributed by atoms with Crippen molar-refractivity contribution >= 4 is 17.7 Å². The molecular weight excluding hydrogens is 272 g/mol. The predicted molar refractivity (Wildman–Crippen MR) is 80.8 cm³/mol. The van der Waals surface area contributed by atoms with Gasteiger partial charge in [0.2, 0.25) is 0 Å². The first-order valence-electron chi connectivity index (χ1n) is 6.76. The average molecular weight is 294 g/mol. The summed E-state index contributed by atoms with van der Waals surface area (Å²) >= 11 is 0. The SMILES string of the molecule is COc1ccc(N(C)C(=O)N[C@@H](CC(C)C)C(=O)O)cc1. The molecule has 0 bridgehead atoms. The van der Waals surface area contributed by atoms with Crippen molar-refractivity contribution in [1.29, 1.82) is 0 Å². The first kappa shape index (κ1) is 16.8. The summed E-state index contributed by atoms with van der Waals surface area (Å²) in [6.07, 6.45) is 0.386. The second-order valence-electron chi connectivity index (χ2n) is 5.23. The van der Waals surface area contributed by atoms with E-state index in [0.717, 1.165) is 0 Å². The zero-order valence-electron chi connectivity index (χ0n) is 12.8. The summed E-state index contributed by atoms with van der Waals surface area (Å²) in [7, 11) is 3.15. The predicted octanol–water partition coefficient (Wildman–Crippen LogP) is 2.34. The number of carboxylic acid groups (broad SMARTS) is 1. The molecule has 0 fully saturated rings. The van der Waals surface area contributed by atoms with Crippen LogP contribution in [0.5, 0.6) is 5.75 Å². The van der Waals surface area contributed by atoms with Gasteiger partial charge in [0.25, 0.3) is 0 Å². The number of nitrogens with one attached hydrogen (secondary N) is 1. The van der Waals surface area contributed by atoms with Crippen LogP contribution in [0.15, 0.2) is 24.3 Å². The van der Waals surface area contributed by atoms with Crippen molar-refractivity contribution < 1.29 is 19.4 Å². The fraction of sp³-hybridized carbons (Fsp3) is 0.467. The smallest absolute Gasteiger partial charge is 0.326 e. The second-order valence-corrected chi connectivity index (χ2v) is 5.23. The minimum absolute atomic E-state index is 0.178. The van der Waals surface area contributed by atoms with E-state index >= 15 is 0 Å². The number of anilines is 1. The summed E-state index contributed by atoms with van der Waals surface area (Å²) in [6.45, 7) is 3.82. The van der Waals surface area contributed by atoms with Gasteiger partial charge in [-0.3, -0.25) is 4.90 Å². The molecule has 116 valence electrons. The number of carbonyl (C=O) groups excluding carboxylic acids is 1. The van der Waals surface area contributed by atoms with Crippen molar-refractivity contribution in [3.63, 3.8) is 0 Å². The Kier molecular flexibility index (Phi) is 6.02. The van der Waals surface area contributed by atoms with E-state index < -0.39 is 18.0 Å². The molecular formula is C15H22N2O4. The number of carbonyl (C=O) groups is 2. The molecule has 1 aromatic carbocycles. The maximum absolute atomic E-state index is 12.1. The van der Waals surface area contributed by atoms with Gasteiger partial charge in [-0.1, -0.05) is 13.8 Å². The van der Waals surface area contributed by atoms with E-state index in [1.807, 2.05) is 13.8 Å². The van der Waals surface area contributed by atoms with Crippen molar-refractivity contribution in [2.45, 2.75) is 26.3 Å². The van der Waals surface area contributed by atoms with Gasteiger partial charge in [-0.25, -0.2) is 9.59 Å². The monoisotopic (exact) mass is 294 g/mol. The lowest BCUT2D eigenvalue weighted by Gasteiger charge is -2.22. The number of hydrogen-bond donors (Lipinski definition) is 2. The molecule has 21 heavy (non-hydrogen) atoms. The Bertz CT molecular complexity index is 485. The third-order valence-electron chi connectivity index (χ3n) is 3.07. The van der Waals surface area contributed by atoms with E-state index in [1.165, 1.54) is 4.90 Å². The molecule has 1 rings (SSSR count). The normalized spacial score (nSPS) is 11.9. The Balaban J connectivity index is 2.73. The minimum Gasteiger partial charge on any atom is -0.497 e. The van der Waals surface area contributed by atoms with Gasteiger partial charge in [0.15, 0.2) is 0 Å². The summed E-state index contributed by atoms with van der Waals surface area (Å²) in [5.41, 5.74) is 0.655. The maximum Gasteiger partial charge on any atom is 0.326 e. The van der Waals surface area contributed by atoms with Crippen LogP contribution in [0.4, 0.5) is 10.5 Å². The van der Waals surface area contributed by atoms with Crippen LogP contribution in [0, 0.1) is 5.92 Å². The molecule has 0 unspecified atom stereocenters. The third kappa shape index (κ3) is 4.98. The number of benzene rings is 1. The molecule has 0 radical (unpaired) electrons. The van der Waals surface area contributed by atoms with Gasteiger partial charge in [0.05, 0.1) is 7.11 Å². The Hall–Kier alpha value is -2.24. The molecule has 0 spiro atoms. The number of carboxylic acids is 1. The summed E-state index contributed by atoms with van der Waals surface area (Å²) in [5.74, 6) is -0.159. The van der Waals surface area contributed by atoms with Crippen LogP contribution in [0.2, 0.25) is 0 Å². The van der Waals surface area contributed by atoms with Crippen LogP contribution >= 0.6 is 0 Å². The summed E-state index contributed by atoms with van der Waals surface area (Å²) in [6, 6.07) is 5.60. The quantitative estimate of drug-likeness (QED) is 0.844. The maximum atomic E-state index is 12.1. The summed E-state index contributed by atoms with van der Waals surface area (Å²) in [5, 5.41) is 11.7. The van der Waals surface area contributed by atoms with Crippen LogP contribution in [0.1, 0.15) is 20.3 Å². The van der Waals surface area contributed by atoms with Crippen molar-refractivity contribution in [2.24, 2.45) is 5.92 Å². The number of methoxy groups -OCH3 is 1. The standard InChI is InChI=1S/C15H22N2O4/c1-10(2)9-13(14(18)19)16-15(20)17(3)11-5-7-12(21-4)8-6-11/h5-8,10,13H,9H2,1-4H3,(H,16,20)(H,18,19)/t13-/m0/s1. The Labute approximate surface area is 124 Å². The number of amides is 2. The van der Waals surface area contributed by atoms with Crippen LogP contribution in [0.25, 0.3) is 0 Å². The van der Waals surface area contributed by atoms with E-state index in [0.29, 0.717) is 17.9 Å². The van der Waals surface area contributed by atoms with E-state index in [4.69, 9.17) is 9.84 Å². The van der Waals surface area contributed by atoms with Crippen molar-refractivity contribution in [1.82, 2.24) is 5.32 Å². The van der Waals surface area contributed by atoms with Crippen molar-refractivity contribution in [3.05, 3.63) is 24.3 Å². The van der Waals surface area contributed by atoms with E-state index in [9.17, 15) is 9.59 Å². The average Bonchev–Trinajstić information content (AvgIpc) is 2.45. The minimum atomic E-state index is -1.03. The number of ether oxygens (including phenoxy) is 1. The Morgan fingerprint density at radius 3 is 2.29 bits per heavy atom. The van der Waals surface area contributed by atoms with Crippen LogP contribution in [-0.4, -0.2) is 37.3 Å². The largest absolute Gasteiger partial charge is 0.497 e. The van der Waals surface area contributed by atoms with Gasteiger partial charge in [0, 0.05) is 12.7 Å². The van der Waals surface area contributed by atoms with Gasteiger partial charge in [-0.05, 0) is 36.6 Å². The zero-order valence-corrected chi connectivity index (χ0v) is 12.8. The lowest BCUT2D eigenvalue weighted by Crippen LogP contribution is -2.47. The molecule has 2 amide bonds. The Morgan fingerprint density at radius 1 is 1.29 bits per heavy atom. The van der Waals surface area contributed by atoms with E-state index in [1.54, 1.807) is 38.4 Å². The number of aliphatic carboxylic acids is 1. The zero-order chi connectivity index (χ0) is 16.0. The molecule has 1 aromatic rings. The van der Waals surface area contributed by atoms with Crippen LogP contribution < -0.4 is 15.0 Å². The van der Waals surface area contributed by atoms with Crippen molar-refractivity contribution in [3.8, 4) is 5.75 Å². The highest BCUT2D eigenvalue weighted by atomic mass is 16.5. The summed E-state index contributed by atoms with van der Waals surface area (Å²) < 4.78 is 5.05. The van der Waals surface area contributed by atoms with Gasteiger partial charge >= 0.3 is 12.0 Å². The second kappa shape index (κ2) is 7.52. The fourth-order valence-electron chi connectivity index (χ4n) is 1.86. The molecule has 0 heterocycles. The lowest BCUT2D eigenvalue weighted by molar-refractivity contribution is -0.139. The molecule has 0 saturated heterocycles. The fourth-order valence-corrected chi connectivity index (χ4v) is 1.86. The third-order valence-corrected chi connectivity index (χ3v) is 3.07. The molecule has 0 aliphatic carbocycles. The molecule has 6 heteroatoms. The van der Waals surface area contributed by atoms with E-state index in [2.05, 4.69) is 5.32 Å².